The van der Waals surface area contributed by atoms with Crippen LogP contribution in [0.4, 0.5) is 5.82 Å². The van der Waals surface area contributed by atoms with E-state index in [1.165, 1.54) is 0 Å². The number of guanidine groups is 1. The number of aliphatic imine (C=N–C) groups is 1. The highest BCUT2D eigenvalue weighted by Gasteiger charge is 2.17. The van der Waals surface area contributed by atoms with Gasteiger partial charge in [0.2, 0.25) is 0 Å². The minimum atomic E-state index is 0. The van der Waals surface area contributed by atoms with Crippen LogP contribution in [0.25, 0.3) is 0 Å². The average Bonchev–Trinajstić information content (AvgIpc) is 2.76. The zero-order valence-corrected chi connectivity index (χ0v) is 20.0. The molecule has 1 fully saturated rings. The second kappa shape index (κ2) is 11.8. The molecule has 164 valence electrons. The van der Waals surface area contributed by atoms with Gasteiger partial charge in [-0.1, -0.05) is 12.1 Å². The molecular weight excluding hydrogens is 497 g/mol. The number of anilines is 1. The summed E-state index contributed by atoms with van der Waals surface area (Å²) in [7, 11) is 3.23. The molecule has 0 amide bonds. The van der Waals surface area contributed by atoms with Crippen LogP contribution in [0, 0.1) is 0 Å². The molecule has 3 rings (SSSR count). The molecule has 3 N–H and O–H groups in total. The first-order chi connectivity index (χ1) is 14.1. The molecule has 1 aromatic heterocycles. The van der Waals surface area contributed by atoms with E-state index in [-0.39, 0.29) is 30.1 Å². The number of aromatic nitrogens is 1. The van der Waals surface area contributed by atoms with Crippen molar-refractivity contribution in [3.05, 3.63) is 47.7 Å². The van der Waals surface area contributed by atoms with Crippen LogP contribution < -0.4 is 25.4 Å². The number of pyridine rings is 1. The normalized spacial score (nSPS) is 16.6. The Balaban J connectivity index is 0.00000320. The summed E-state index contributed by atoms with van der Waals surface area (Å²) in [6.45, 7) is 5.54. The van der Waals surface area contributed by atoms with Crippen molar-refractivity contribution in [2.45, 2.75) is 26.1 Å². The molecule has 2 aromatic rings. The molecule has 0 spiro atoms. The Morgan fingerprint density at radius 2 is 2.00 bits per heavy atom. The summed E-state index contributed by atoms with van der Waals surface area (Å²) >= 11 is 0. The highest BCUT2D eigenvalue weighted by atomic mass is 127. The summed E-state index contributed by atoms with van der Waals surface area (Å²) in [4.78, 5) is 11.2. The highest BCUT2D eigenvalue weighted by molar-refractivity contribution is 14.0. The lowest BCUT2D eigenvalue weighted by Crippen LogP contribution is -2.41. The summed E-state index contributed by atoms with van der Waals surface area (Å²) in [5.41, 5.74) is 8.02. The number of benzene rings is 1. The van der Waals surface area contributed by atoms with Crippen molar-refractivity contribution in [1.29, 1.82) is 0 Å². The van der Waals surface area contributed by atoms with E-state index < -0.39 is 0 Å². The van der Waals surface area contributed by atoms with Gasteiger partial charge in [0.15, 0.2) is 17.5 Å². The molecular formula is C21H30IN5O3. The molecule has 0 aliphatic carbocycles. The Morgan fingerprint density at radius 3 is 2.67 bits per heavy atom. The van der Waals surface area contributed by atoms with E-state index in [0.29, 0.717) is 30.5 Å². The van der Waals surface area contributed by atoms with Crippen LogP contribution in [0.1, 0.15) is 18.1 Å². The van der Waals surface area contributed by atoms with Crippen molar-refractivity contribution >= 4 is 35.8 Å². The van der Waals surface area contributed by atoms with Gasteiger partial charge < -0.3 is 30.2 Å². The first-order valence-electron chi connectivity index (χ1n) is 9.65. The minimum Gasteiger partial charge on any atom is -0.493 e. The van der Waals surface area contributed by atoms with E-state index in [2.05, 4.69) is 27.1 Å². The minimum absolute atomic E-state index is 0. The molecule has 1 aliphatic heterocycles. The number of methoxy groups -OCH3 is 2. The van der Waals surface area contributed by atoms with Crippen LogP contribution in [0.2, 0.25) is 0 Å². The zero-order valence-electron chi connectivity index (χ0n) is 17.6. The molecule has 1 atom stereocenters. The first-order valence-corrected chi connectivity index (χ1v) is 9.65. The Bertz CT molecular complexity index is 832. The Labute approximate surface area is 194 Å². The maximum absolute atomic E-state index is 6.00. The lowest BCUT2D eigenvalue weighted by molar-refractivity contribution is 0.0529. The molecule has 30 heavy (non-hydrogen) atoms. The lowest BCUT2D eigenvalue weighted by atomic mass is 10.2. The second-order valence-corrected chi connectivity index (χ2v) is 6.90. The van der Waals surface area contributed by atoms with E-state index >= 15 is 0 Å². The van der Waals surface area contributed by atoms with Gasteiger partial charge in [-0.3, -0.25) is 0 Å². The van der Waals surface area contributed by atoms with Crippen molar-refractivity contribution in [3.63, 3.8) is 0 Å². The summed E-state index contributed by atoms with van der Waals surface area (Å²) in [6, 6.07) is 9.79. The summed E-state index contributed by atoms with van der Waals surface area (Å²) in [5.74, 6) is 2.72. The number of nitrogens with one attached hydrogen (secondary N) is 1. The fourth-order valence-electron chi connectivity index (χ4n) is 3.14. The van der Waals surface area contributed by atoms with E-state index in [0.717, 1.165) is 36.6 Å². The summed E-state index contributed by atoms with van der Waals surface area (Å²) in [6.07, 6.45) is 2.08. The third kappa shape index (κ3) is 6.63. The lowest BCUT2D eigenvalue weighted by Gasteiger charge is -2.32. The van der Waals surface area contributed by atoms with Gasteiger partial charge in [-0.15, -0.1) is 24.0 Å². The summed E-state index contributed by atoms with van der Waals surface area (Å²) in [5, 5.41) is 3.11. The maximum Gasteiger partial charge on any atom is 0.189 e. The number of morpholine rings is 1. The van der Waals surface area contributed by atoms with Crippen molar-refractivity contribution in [1.82, 2.24) is 10.3 Å². The van der Waals surface area contributed by atoms with Crippen molar-refractivity contribution in [2.75, 3.05) is 38.8 Å². The van der Waals surface area contributed by atoms with Gasteiger partial charge in [-0.2, -0.15) is 0 Å². The number of hydrogen-bond acceptors (Lipinski definition) is 6. The molecule has 9 heteroatoms. The summed E-state index contributed by atoms with van der Waals surface area (Å²) < 4.78 is 16.1. The quantitative estimate of drug-likeness (QED) is 0.325. The number of nitrogens with zero attached hydrogens (tertiary/aromatic N) is 3. The van der Waals surface area contributed by atoms with Crippen LogP contribution >= 0.6 is 24.0 Å². The molecule has 1 unspecified atom stereocenters. The van der Waals surface area contributed by atoms with E-state index in [1.807, 2.05) is 36.5 Å². The number of nitrogens with two attached hydrogens (primary N) is 1. The first kappa shape index (κ1) is 24.0. The monoisotopic (exact) mass is 527 g/mol. The van der Waals surface area contributed by atoms with Crippen LogP contribution in [0.15, 0.2) is 41.5 Å². The predicted molar refractivity (Wildman–Crippen MR) is 129 cm³/mol. The third-order valence-corrected chi connectivity index (χ3v) is 4.73. The van der Waals surface area contributed by atoms with Crippen LogP contribution in [0.3, 0.4) is 0 Å². The van der Waals surface area contributed by atoms with Gasteiger partial charge in [0.25, 0.3) is 0 Å². The zero-order chi connectivity index (χ0) is 20.6. The second-order valence-electron chi connectivity index (χ2n) is 6.90. The maximum atomic E-state index is 6.00. The number of halogens is 1. The Kier molecular flexibility index (Phi) is 9.44. The number of rotatable bonds is 7. The van der Waals surface area contributed by atoms with Crippen molar-refractivity contribution < 1.29 is 14.2 Å². The standard InChI is InChI=1S/C21H29N5O3.HI/c1-15-14-26(8-9-29-15)20-7-5-17(12-23-20)13-25-21(22)24-11-16-4-6-18(27-2)19(10-16)28-3;/h4-7,10,12,15H,8-9,11,13-14H2,1-3H3,(H3,22,24,25);1H. The number of hydrogen-bond donors (Lipinski definition) is 2. The molecule has 1 aliphatic rings. The largest absolute Gasteiger partial charge is 0.493 e. The van der Waals surface area contributed by atoms with Gasteiger partial charge in [-0.05, 0) is 36.2 Å². The average molecular weight is 527 g/mol. The molecule has 1 aromatic carbocycles. The number of ether oxygens (including phenoxy) is 3. The fourth-order valence-corrected chi connectivity index (χ4v) is 3.14. The molecule has 2 heterocycles. The van der Waals surface area contributed by atoms with Crippen LogP contribution in [-0.2, 0) is 17.8 Å². The Hall–Kier alpha value is -2.27. The van der Waals surface area contributed by atoms with E-state index in [1.54, 1.807) is 14.2 Å². The van der Waals surface area contributed by atoms with Crippen LogP contribution in [-0.4, -0.2) is 51.0 Å². The fraction of sp³-hybridized carbons (Fsp3) is 0.429. The molecule has 8 nitrogen and oxygen atoms in total. The third-order valence-electron chi connectivity index (χ3n) is 4.73. The van der Waals surface area contributed by atoms with Gasteiger partial charge in [-0.25, -0.2) is 9.98 Å². The molecule has 0 bridgehead atoms. The Morgan fingerprint density at radius 1 is 1.23 bits per heavy atom. The van der Waals surface area contributed by atoms with E-state index in [4.69, 9.17) is 19.9 Å². The van der Waals surface area contributed by atoms with Gasteiger partial charge in [0.1, 0.15) is 5.82 Å². The van der Waals surface area contributed by atoms with Gasteiger partial charge in [0, 0.05) is 25.8 Å². The topological polar surface area (TPSA) is 94.2 Å². The molecule has 1 saturated heterocycles. The van der Waals surface area contributed by atoms with Crippen molar-refractivity contribution in [3.8, 4) is 11.5 Å². The van der Waals surface area contributed by atoms with E-state index in [9.17, 15) is 0 Å². The molecule has 0 radical (unpaired) electrons. The van der Waals surface area contributed by atoms with Crippen LogP contribution in [0.5, 0.6) is 11.5 Å². The predicted octanol–water partition coefficient (Wildman–Crippen LogP) is 2.55. The van der Waals surface area contributed by atoms with Gasteiger partial charge >= 0.3 is 0 Å². The van der Waals surface area contributed by atoms with Gasteiger partial charge in [0.05, 0.1) is 33.5 Å². The SMILES string of the molecule is COc1ccc(CNC(N)=NCc2ccc(N3CCOC(C)C3)nc2)cc1OC.I. The van der Waals surface area contributed by atoms with Crippen molar-refractivity contribution in [2.24, 2.45) is 10.7 Å². The smallest absolute Gasteiger partial charge is 0.189 e. The molecule has 0 saturated carbocycles. The highest BCUT2D eigenvalue weighted by Crippen LogP contribution is 2.27.